The molecule has 0 unspecified atom stereocenters. The number of amides is 1. The normalized spacial score (nSPS) is 11.2. The molecule has 3 heterocycles. The highest BCUT2D eigenvalue weighted by Crippen LogP contribution is 2.28. The molecule has 0 aliphatic heterocycles. The van der Waals surface area contributed by atoms with Crippen molar-refractivity contribution in [3.05, 3.63) is 84.1 Å². The molecule has 0 fully saturated rings. The van der Waals surface area contributed by atoms with Crippen LogP contribution >= 0.6 is 0 Å². The third kappa shape index (κ3) is 3.55. The molecule has 3 aromatic heterocycles. The maximum Gasteiger partial charge on any atom is 0.225 e. The maximum atomic E-state index is 12.4. The standard InChI is InChI=1S/C24H20N4O2/c1-16-5-4-6-17(13-16)9-12-24(29)26-22-10-11-23-25-15-19(28(23)27-22)21-14-18-7-2-3-8-20(18)30-21/h2-8,10-11,13-15H,9,12H2,1H3,(H,26,27,29). The Balaban J connectivity index is 1.36. The largest absolute Gasteiger partial charge is 0.454 e. The lowest BCUT2D eigenvalue weighted by molar-refractivity contribution is -0.116. The van der Waals surface area contributed by atoms with Crippen LogP contribution in [0.15, 0.2) is 77.3 Å². The lowest BCUT2D eigenvalue weighted by atomic mass is 10.1. The molecule has 1 N–H and O–H groups in total. The molecule has 0 saturated heterocycles. The molecule has 0 aliphatic carbocycles. The molecule has 5 rings (SSSR count). The van der Waals surface area contributed by atoms with Gasteiger partial charge in [-0.05, 0) is 43.2 Å². The number of benzene rings is 2. The zero-order valence-corrected chi connectivity index (χ0v) is 16.5. The van der Waals surface area contributed by atoms with Crippen LogP contribution in [0, 0.1) is 6.92 Å². The Morgan fingerprint density at radius 1 is 1.07 bits per heavy atom. The number of nitrogens with one attached hydrogen (secondary N) is 1. The highest BCUT2D eigenvalue weighted by atomic mass is 16.3. The molecule has 1 amide bonds. The number of hydrogen-bond donors (Lipinski definition) is 1. The Kier molecular flexibility index (Phi) is 4.52. The molecule has 2 aromatic carbocycles. The predicted molar refractivity (Wildman–Crippen MR) is 116 cm³/mol. The molecule has 0 saturated carbocycles. The molecular weight excluding hydrogens is 376 g/mol. The fraction of sp³-hybridized carbons (Fsp3) is 0.125. The first-order valence-electron chi connectivity index (χ1n) is 9.85. The number of hydrogen-bond acceptors (Lipinski definition) is 4. The van der Waals surface area contributed by atoms with E-state index in [2.05, 4.69) is 21.5 Å². The van der Waals surface area contributed by atoms with Gasteiger partial charge in [0.25, 0.3) is 0 Å². The zero-order chi connectivity index (χ0) is 20.5. The predicted octanol–water partition coefficient (Wildman–Crippen LogP) is 5.02. The Hall–Kier alpha value is -3.93. The van der Waals surface area contributed by atoms with E-state index in [0.717, 1.165) is 22.2 Å². The van der Waals surface area contributed by atoms with Crippen LogP contribution in [0.3, 0.4) is 0 Å². The van der Waals surface area contributed by atoms with E-state index in [9.17, 15) is 4.79 Å². The van der Waals surface area contributed by atoms with E-state index >= 15 is 0 Å². The molecule has 6 heteroatoms. The van der Waals surface area contributed by atoms with Crippen molar-refractivity contribution in [2.24, 2.45) is 0 Å². The topological polar surface area (TPSA) is 72.4 Å². The summed E-state index contributed by atoms with van der Waals surface area (Å²) in [5, 5.41) is 8.45. The van der Waals surface area contributed by atoms with Crippen LogP contribution in [0.2, 0.25) is 0 Å². The SMILES string of the molecule is Cc1cccc(CCC(=O)Nc2ccc3ncc(-c4cc5ccccc5o4)n3n2)c1. The van der Waals surface area contributed by atoms with E-state index in [0.29, 0.717) is 30.1 Å². The van der Waals surface area contributed by atoms with Crippen LogP contribution in [0.25, 0.3) is 28.1 Å². The quantitative estimate of drug-likeness (QED) is 0.453. The highest BCUT2D eigenvalue weighted by molar-refractivity contribution is 5.90. The van der Waals surface area contributed by atoms with Crippen molar-refractivity contribution in [1.82, 2.24) is 14.6 Å². The zero-order valence-electron chi connectivity index (χ0n) is 16.5. The first-order valence-corrected chi connectivity index (χ1v) is 9.85. The van der Waals surface area contributed by atoms with Crippen molar-refractivity contribution < 1.29 is 9.21 Å². The van der Waals surface area contributed by atoms with E-state index in [-0.39, 0.29) is 5.91 Å². The van der Waals surface area contributed by atoms with Crippen LogP contribution in [-0.4, -0.2) is 20.5 Å². The summed E-state index contributed by atoms with van der Waals surface area (Å²) in [6.45, 7) is 2.05. The van der Waals surface area contributed by atoms with E-state index < -0.39 is 0 Å². The third-order valence-corrected chi connectivity index (χ3v) is 5.03. The average Bonchev–Trinajstić information content (AvgIpc) is 3.36. The van der Waals surface area contributed by atoms with E-state index in [1.54, 1.807) is 16.8 Å². The number of aromatic nitrogens is 3. The minimum absolute atomic E-state index is 0.0752. The Bertz CT molecular complexity index is 1330. The molecule has 0 radical (unpaired) electrons. The third-order valence-electron chi connectivity index (χ3n) is 5.03. The van der Waals surface area contributed by atoms with Crippen molar-refractivity contribution >= 4 is 28.3 Å². The number of para-hydroxylation sites is 1. The van der Waals surface area contributed by atoms with Gasteiger partial charge in [-0.3, -0.25) is 4.79 Å². The summed E-state index contributed by atoms with van der Waals surface area (Å²) in [4.78, 5) is 16.8. The molecule has 0 bridgehead atoms. The summed E-state index contributed by atoms with van der Waals surface area (Å²) in [7, 11) is 0. The van der Waals surface area contributed by atoms with Gasteiger partial charge in [0.05, 0.1) is 6.20 Å². The second-order valence-corrected chi connectivity index (χ2v) is 7.32. The molecule has 5 aromatic rings. The Morgan fingerprint density at radius 3 is 2.83 bits per heavy atom. The summed E-state index contributed by atoms with van der Waals surface area (Å²) in [5.41, 5.74) is 4.57. The van der Waals surface area contributed by atoms with Gasteiger partial charge in [0.1, 0.15) is 11.3 Å². The number of aryl methyl sites for hydroxylation is 2. The van der Waals surface area contributed by atoms with Crippen LogP contribution in [0.1, 0.15) is 17.5 Å². The van der Waals surface area contributed by atoms with Crippen molar-refractivity contribution in [3.63, 3.8) is 0 Å². The van der Waals surface area contributed by atoms with Crippen molar-refractivity contribution in [2.75, 3.05) is 5.32 Å². The molecule has 0 spiro atoms. The number of furan rings is 1. The monoisotopic (exact) mass is 396 g/mol. The van der Waals surface area contributed by atoms with Gasteiger partial charge in [0, 0.05) is 11.8 Å². The molecule has 148 valence electrons. The number of nitrogens with zero attached hydrogens (tertiary/aromatic N) is 3. The second kappa shape index (κ2) is 7.48. The second-order valence-electron chi connectivity index (χ2n) is 7.32. The average molecular weight is 396 g/mol. The lowest BCUT2D eigenvalue weighted by Gasteiger charge is -2.06. The van der Waals surface area contributed by atoms with Gasteiger partial charge in [-0.2, -0.15) is 0 Å². The van der Waals surface area contributed by atoms with Gasteiger partial charge < -0.3 is 9.73 Å². The lowest BCUT2D eigenvalue weighted by Crippen LogP contribution is -2.14. The van der Waals surface area contributed by atoms with Gasteiger partial charge in [-0.15, -0.1) is 5.10 Å². The summed E-state index contributed by atoms with van der Waals surface area (Å²) >= 11 is 0. The minimum atomic E-state index is -0.0752. The minimum Gasteiger partial charge on any atom is -0.454 e. The smallest absolute Gasteiger partial charge is 0.225 e. The molecular formula is C24H20N4O2. The fourth-order valence-electron chi connectivity index (χ4n) is 3.55. The number of anilines is 1. The van der Waals surface area contributed by atoms with Crippen LogP contribution in [0.5, 0.6) is 0 Å². The van der Waals surface area contributed by atoms with Crippen LogP contribution in [-0.2, 0) is 11.2 Å². The van der Waals surface area contributed by atoms with Gasteiger partial charge in [-0.25, -0.2) is 9.50 Å². The number of carbonyl (C=O) groups excluding carboxylic acids is 1. The number of carbonyl (C=O) groups is 1. The van der Waals surface area contributed by atoms with Crippen molar-refractivity contribution in [2.45, 2.75) is 19.8 Å². The van der Waals surface area contributed by atoms with Crippen LogP contribution < -0.4 is 5.32 Å². The molecule has 0 aliphatic rings. The highest BCUT2D eigenvalue weighted by Gasteiger charge is 2.13. The van der Waals surface area contributed by atoms with Gasteiger partial charge in [0.15, 0.2) is 17.2 Å². The van der Waals surface area contributed by atoms with E-state index in [1.165, 1.54) is 5.56 Å². The van der Waals surface area contributed by atoms with E-state index in [1.807, 2.05) is 61.5 Å². The van der Waals surface area contributed by atoms with Crippen LogP contribution in [0.4, 0.5) is 5.82 Å². The first kappa shape index (κ1) is 18.1. The number of fused-ring (bicyclic) bond motifs is 2. The maximum absolute atomic E-state index is 12.4. The molecule has 6 nitrogen and oxygen atoms in total. The first-order chi connectivity index (χ1) is 14.7. The van der Waals surface area contributed by atoms with Gasteiger partial charge >= 0.3 is 0 Å². The fourth-order valence-corrected chi connectivity index (χ4v) is 3.55. The summed E-state index contributed by atoms with van der Waals surface area (Å²) in [6.07, 6.45) is 2.80. The molecule has 30 heavy (non-hydrogen) atoms. The van der Waals surface area contributed by atoms with Crippen molar-refractivity contribution in [3.8, 4) is 11.5 Å². The van der Waals surface area contributed by atoms with E-state index in [4.69, 9.17) is 4.42 Å². The van der Waals surface area contributed by atoms with Gasteiger partial charge in [-0.1, -0.05) is 48.0 Å². The Morgan fingerprint density at radius 2 is 1.97 bits per heavy atom. The summed E-state index contributed by atoms with van der Waals surface area (Å²) < 4.78 is 7.64. The number of imidazole rings is 1. The summed E-state index contributed by atoms with van der Waals surface area (Å²) in [5.74, 6) is 1.08. The Labute approximate surface area is 173 Å². The number of rotatable bonds is 5. The van der Waals surface area contributed by atoms with Crippen molar-refractivity contribution in [1.29, 1.82) is 0 Å². The molecule has 0 atom stereocenters. The summed E-state index contributed by atoms with van der Waals surface area (Å²) in [6, 6.07) is 21.6. The van der Waals surface area contributed by atoms with Gasteiger partial charge in [0.2, 0.25) is 5.91 Å².